The fraction of sp³-hybridized carbons (Fsp3) is 0.960. The zero-order chi connectivity index (χ0) is 22.5. The van der Waals surface area contributed by atoms with Crippen molar-refractivity contribution in [2.45, 2.75) is 137 Å². The highest BCUT2D eigenvalue weighted by Crippen LogP contribution is 2.38. The van der Waals surface area contributed by atoms with Gasteiger partial charge in [0.05, 0.1) is 24.4 Å². The van der Waals surface area contributed by atoms with Crippen LogP contribution in [0.25, 0.3) is 0 Å². The van der Waals surface area contributed by atoms with E-state index in [1.807, 2.05) is 13.8 Å². The first-order valence-corrected chi connectivity index (χ1v) is 12.5. The molecule has 0 aliphatic carbocycles. The molecule has 1 saturated heterocycles. The molecule has 0 radical (unpaired) electrons. The molecule has 0 saturated carbocycles. The summed E-state index contributed by atoms with van der Waals surface area (Å²) in [5.41, 5.74) is 4.21. The van der Waals surface area contributed by atoms with Crippen molar-refractivity contribution in [3.63, 3.8) is 0 Å². The van der Waals surface area contributed by atoms with Crippen LogP contribution in [0.3, 0.4) is 0 Å². The van der Waals surface area contributed by atoms with Gasteiger partial charge >= 0.3 is 0 Å². The van der Waals surface area contributed by atoms with E-state index in [2.05, 4.69) is 52.1 Å². The van der Waals surface area contributed by atoms with Crippen molar-refractivity contribution in [3.05, 3.63) is 0 Å². The van der Waals surface area contributed by atoms with Crippen molar-refractivity contribution >= 4 is 5.71 Å². The lowest BCUT2D eigenvalue weighted by molar-refractivity contribution is -0.288. The highest BCUT2D eigenvalue weighted by molar-refractivity contribution is 5.78. The molecule has 5 heteroatoms. The molecule has 0 bridgehead atoms. The van der Waals surface area contributed by atoms with Crippen LogP contribution >= 0.6 is 0 Å². The molecule has 1 heterocycles. The Morgan fingerprint density at radius 3 is 2.10 bits per heavy atom. The van der Waals surface area contributed by atoms with Gasteiger partial charge in [0.2, 0.25) is 0 Å². The van der Waals surface area contributed by atoms with Gasteiger partial charge in [0, 0.05) is 18.2 Å². The maximum absolute atomic E-state index is 6.43. The summed E-state index contributed by atoms with van der Waals surface area (Å²) in [5, 5.41) is 4.23. The Kier molecular flexibility index (Phi) is 13.9. The fourth-order valence-electron chi connectivity index (χ4n) is 4.34. The minimum Gasteiger partial charge on any atom is -0.373 e. The van der Waals surface area contributed by atoms with E-state index in [0.29, 0.717) is 11.8 Å². The molecular formula is C25H50N2O3. The van der Waals surface area contributed by atoms with Gasteiger partial charge in [0.1, 0.15) is 0 Å². The quantitative estimate of drug-likeness (QED) is 0.189. The predicted molar refractivity (Wildman–Crippen MR) is 127 cm³/mol. The molecule has 2 unspecified atom stereocenters. The molecule has 5 nitrogen and oxygen atoms in total. The molecule has 178 valence electrons. The second kappa shape index (κ2) is 15.2. The summed E-state index contributed by atoms with van der Waals surface area (Å²) in [6, 6.07) is 0. The number of unbranched alkanes of at least 4 members (excludes halogenated alkanes) is 5. The first-order chi connectivity index (χ1) is 14.3. The lowest BCUT2D eigenvalue weighted by atomic mass is 9.79. The summed E-state index contributed by atoms with van der Waals surface area (Å²) in [6.07, 6.45) is 10.3. The third-order valence-electron chi connectivity index (χ3n) is 5.84. The van der Waals surface area contributed by atoms with Crippen LogP contribution in [0.5, 0.6) is 0 Å². The Hall–Kier alpha value is -0.650. The van der Waals surface area contributed by atoms with E-state index in [1.54, 1.807) is 0 Å². The number of nitrogens with one attached hydrogen (secondary N) is 1. The molecule has 0 amide bonds. The van der Waals surface area contributed by atoms with Crippen LogP contribution < -0.4 is 5.43 Å². The Morgan fingerprint density at radius 2 is 1.53 bits per heavy atom. The maximum atomic E-state index is 6.43. The summed E-state index contributed by atoms with van der Waals surface area (Å²) >= 11 is 0. The second-order valence-electron chi connectivity index (χ2n) is 9.69. The summed E-state index contributed by atoms with van der Waals surface area (Å²) in [7, 11) is 0. The fourth-order valence-corrected chi connectivity index (χ4v) is 4.34. The van der Waals surface area contributed by atoms with E-state index in [1.165, 1.54) is 38.5 Å². The number of nitrogens with zero attached hydrogens (tertiary/aromatic N) is 1. The molecule has 1 fully saturated rings. The zero-order valence-corrected chi connectivity index (χ0v) is 21.1. The van der Waals surface area contributed by atoms with Gasteiger partial charge in [-0.1, -0.05) is 46.0 Å². The van der Waals surface area contributed by atoms with Gasteiger partial charge in [-0.05, 0) is 66.7 Å². The van der Waals surface area contributed by atoms with Crippen molar-refractivity contribution in [2.75, 3.05) is 6.54 Å². The van der Waals surface area contributed by atoms with Gasteiger partial charge < -0.3 is 19.6 Å². The van der Waals surface area contributed by atoms with Gasteiger partial charge in [-0.3, -0.25) is 0 Å². The van der Waals surface area contributed by atoms with Crippen LogP contribution in [0.2, 0.25) is 0 Å². The van der Waals surface area contributed by atoms with E-state index in [0.717, 1.165) is 25.1 Å². The molecule has 0 aromatic rings. The first kappa shape index (κ1) is 27.4. The molecule has 0 aromatic carbocycles. The average Bonchev–Trinajstić information content (AvgIpc) is 2.66. The minimum absolute atomic E-state index is 0.106. The molecule has 0 aromatic heterocycles. The van der Waals surface area contributed by atoms with Crippen LogP contribution in [0.1, 0.15) is 107 Å². The third-order valence-corrected chi connectivity index (χ3v) is 5.84. The van der Waals surface area contributed by atoms with Gasteiger partial charge in [0.15, 0.2) is 6.29 Å². The minimum atomic E-state index is -0.106. The molecule has 30 heavy (non-hydrogen) atoms. The molecule has 1 rings (SSSR count). The highest BCUT2D eigenvalue weighted by Gasteiger charge is 2.44. The lowest BCUT2D eigenvalue weighted by Crippen LogP contribution is -2.53. The molecule has 1 aliphatic rings. The largest absolute Gasteiger partial charge is 0.373 e. The van der Waals surface area contributed by atoms with Crippen molar-refractivity contribution in [3.8, 4) is 0 Å². The van der Waals surface area contributed by atoms with E-state index >= 15 is 0 Å². The summed E-state index contributed by atoms with van der Waals surface area (Å²) in [6.45, 7) is 18.0. The monoisotopic (exact) mass is 426 g/mol. The Morgan fingerprint density at radius 1 is 0.933 bits per heavy atom. The number of ether oxygens (including phenoxy) is 3. The van der Waals surface area contributed by atoms with Crippen molar-refractivity contribution < 1.29 is 14.2 Å². The van der Waals surface area contributed by atoms with Crippen molar-refractivity contribution in [1.29, 1.82) is 0 Å². The molecule has 1 aliphatic heterocycles. The number of hydrazone groups is 1. The smallest absolute Gasteiger partial charge is 0.161 e. The van der Waals surface area contributed by atoms with Crippen molar-refractivity contribution in [1.82, 2.24) is 5.43 Å². The average molecular weight is 427 g/mol. The number of hydrogen-bond acceptors (Lipinski definition) is 5. The summed E-state index contributed by atoms with van der Waals surface area (Å²) in [4.78, 5) is 0. The highest BCUT2D eigenvalue weighted by atomic mass is 16.7. The van der Waals surface area contributed by atoms with Gasteiger partial charge in [0.25, 0.3) is 0 Å². The maximum Gasteiger partial charge on any atom is 0.161 e. The van der Waals surface area contributed by atoms with E-state index < -0.39 is 0 Å². The molecular weight excluding hydrogens is 376 g/mol. The third kappa shape index (κ3) is 10.6. The summed E-state index contributed by atoms with van der Waals surface area (Å²) in [5.74, 6) is 0.849. The van der Waals surface area contributed by atoms with Crippen LogP contribution in [0.4, 0.5) is 0 Å². The predicted octanol–water partition coefficient (Wildman–Crippen LogP) is 6.31. The number of rotatable bonds is 15. The molecule has 0 spiro atoms. The number of hydrogen-bond donors (Lipinski definition) is 1. The Labute approximate surface area is 186 Å². The van der Waals surface area contributed by atoms with E-state index in [9.17, 15) is 0 Å². The zero-order valence-electron chi connectivity index (χ0n) is 21.1. The molecule has 1 N–H and O–H groups in total. The van der Waals surface area contributed by atoms with E-state index in [-0.39, 0.29) is 30.7 Å². The Balaban J connectivity index is 2.44. The second-order valence-corrected chi connectivity index (χ2v) is 9.69. The van der Waals surface area contributed by atoms with Gasteiger partial charge in [-0.2, -0.15) is 5.10 Å². The SMILES string of the molecule is CCC1O[C@H](OC(C)C)C(CCCCCCCCNN=C(C)C)[C@@H](C)[C@@H]1OC(C)C. The van der Waals surface area contributed by atoms with Crippen LogP contribution in [0, 0.1) is 11.8 Å². The van der Waals surface area contributed by atoms with Crippen LogP contribution in [-0.2, 0) is 14.2 Å². The van der Waals surface area contributed by atoms with Gasteiger partial charge in [-0.25, -0.2) is 0 Å². The van der Waals surface area contributed by atoms with Gasteiger partial charge in [-0.15, -0.1) is 0 Å². The first-order valence-electron chi connectivity index (χ1n) is 12.5. The summed E-state index contributed by atoms with van der Waals surface area (Å²) < 4.78 is 18.9. The standard InChI is InChI=1S/C25H50N2O3/c1-9-23-24(28-19(4)5)21(8)22(25(30-23)29-20(6)7)16-14-12-10-11-13-15-17-26-27-18(2)3/h19-26H,9-17H2,1-8H3/t21-,22?,23?,24+,25+/m1/s1. The van der Waals surface area contributed by atoms with Crippen LogP contribution in [0.15, 0.2) is 5.10 Å². The Bertz CT molecular complexity index is 463. The van der Waals surface area contributed by atoms with Crippen LogP contribution in [-0.4, -0.2) is 43.0 Å². The molecule has 5 atom stereocenters. The lowest BCUT2D eigenvalue weighted by Gasteiger charge is -2.46. The normalized spacial score (nSPS) is 26.9. The topological polar surface area (TPSA) is 52.1 Å². The van der Waals surface area contributed by atoms with Crippen molar-refractivity contribution in [2.24, 2.45) is 16.9 Å². The van der Waals surface area contributed by atoms with E-state index in [4.69, 9.17) is 14.2 Å².